The molecule has 1 atom stereocenters. The van der Waals surface area contributed by atoms with Crippen LogP contribution in [0.4, 0.5) is 0 Å². The Labute approximate surface area is 128 Å². The normalized spacial score (nSPS) is 17.7. The summed E-state index contributed by atoms with van der Waals surface area (Å²) < 4.78 is 16.0. The highest BCUT2D eigenvalue weighted by molar-refractivity contribution is 5.76. The van der Waals surface area contributed by atoms with Crippen molar-refractivity contribution in [1.82, 2.24) is 10.2 Å². The fourth-order valence-electron chi connectivity index (χ4n) is 2.53. The van der Waals surface area contributed by atoms with Crippen LogP contribution in [0.1, 0.15) is 26.2 Å². The van der Waals surface area contributed by atoms with Crippen LogP contribution in [-0.4, -0.2) is 76.6 Å². The van der Waals surface area contributed by atoms with Gasteiger partial charge in [0.25, 0.3) is 0 Å². The van der Waals surface area contributed by atoms with Gasteiger partial charge >= 0.3 is 0 Å². The van der Waals surface area contributed by atoms with Crippen LogP contribution in [0.15, 0.2) is 0 Å². The lowest BCUT2D eigenvalue weighted by Gasteiger charge is -2.29. The van der Waals surface area contributed by atoms with E-state index in [4.69, 9.17) is 14.2 Å². The van der Waals surface area contributed by atoms with Gasteiger partial charge in [0.15, 0.2) is 0 Å². The van der Waals surface area contributed by atoms with Crippen molar-refractivity contribution in [3.05, 3.63) is 0 Å². The molecule has 1 fully saturated rings. The summed E-state index contributed by atoms with van der Waals surface area (Å²) in [5.74, 6) is 0.102. The summed E-state index contributed by atoms with van der Waals surface area (Å²) in [5.41, 5.74) is 0. The Morgan fingerprint density at radius 3 is 2.57 bits per heavy atom. The molecule has 0 radical (unpaired) electrons. The smallest absolute Gasteiger partial charge is 0.225 e. The maximum absolute atomic E-state index is 12.3. The molecule has 6 heteroatoms. The van der Waals surface area contributed by atoms with Crippen molar-refractivity contribution in [3.8, 4) is 0 Å². The Hall–Kier alpha value is -0.690. The van der Waals surface area contributed by atoms with Gasteiger partial charge in [-0.1, -0.05) is 0 Å². The summed E-state index contributed by atoms with van der Waals surface area (Å²) in [6, 6.07) is 0.0523. The van der Waals surface area contributed by atoms with Crippen molar-refractivity contribution in [2.75, 3.05) is 53.7 Å². The zero-order valence-electron chi connectivity index (χ0n) is 13.6. The van der Waals surface area contributed by atoms with E-state index in [1.54, 1.807) is 14.2 Å². The predicted octanol–water partition coefficient (Wildman–Crippen LogP) is 0.655. The van der Waals surface area contributed by atoms with E-state index in [0.29, 0.717) is 38.9 Å². The third-order valence-corrected chi connectivity index (χ3v) is 3.75. The molecule has 0 spiro atoms. The number of methoxy groups -OCH3 is 2. The van der Waals surface area contributed by atoms with Crippen molar-refractivity contribution in [3.63, 3.8) is 0 Å². The van der Waals surface area contributed by atoms with Crippen LogP contribution in [0.5, 0.6) is 0 Å². The third kappa shape index (κ3) is 7.22. The van der Waals surface area contributed by atoms with E-state index < -0.39 is 0 Å². The van der Waals surface area contributed by atoms with E-state index in [1.165, 1.54) is 0 Å². The standard InChI is InChI=1S/C15H30N2O4/c1-13(12-20-3)17(9-11-19-2)15(18)6-10-21-14-4-7-16-8-5-14/h13-14,16H,4-12H2,1-3H3. The van der Waals surface area contributed by atoms with Gasteiger partial charge in [-0.2, -0.15) is 0 Å². The van der Waals surface area contributed by atoms with Gasteiger partial charge in [0.1, 0.15) is 0 Å². The van der Waals surface area contributed by atoms with Crippen LogP contribution in [-0.2, 0) is 19.0 Å². The molecular weight excluding hydrogens is 272 g/mol. The first-order chi connectivity index (χ1) is 10.2. The predicted molar refractivity (Wildman–Crippen MR) is 81.4 cm³/mol. The van der Waals surface area contributed by atoms with E-state index in [1.807, 2.05) is 11.8 Å². The Bertz CT molecular complexity index is 283. The van der Waals surface area contributed by atoms with E-state index in [9.17, 15) is 4.79 Å². The van der Waals surface area contributed by atoms with E-state index in [-0.39, 0.29) is 11.9 Å². The molecule has 124 valence electrons. The number of carbonyl (C=O) groups is 1. The van der Waals surface area contributed by atoms with Gasteiger partial charge < -0.3 is 24.4 Å². The van der Waals surface area contributed by atoms with Crippen LogP contribution >= 0.6 is 0 Å². The second-order valence-electron chi connectivity index (χ2n) is 5.45. The fraction of sp³-hybridized carbons (Fsp3) is 0.933. The number of amides is 1. The second kappa shape index (κ2) is 11.0. The highest BCUT2D eigenvalue weighted by Gasteiger charge is 2.20. The number of ether oxygens (including phenoxy) is 3. The van der Waals surface area contributed by atoms with Crippen LogP contribution in [0.3, 0.4) is 0 Å². The number of nitrogens with zero attached hydrogens (tertiary/aromatic N) is 1. The van der Waals surface area contributed by atoms with E-state index in [2.05, 4.69) is 5.32 Å². The minimum Gasteiger partial charge on any atom is -0.383 e. The summed E-state index contributed by atoms with van der Waals surface area (Å²) in [7, 11) is 3.29. The molecule has 1 amide bonds. The molecule has 1 aliphatic rings. The summed E-state index contributed by atoms with van der Waals surface area (Å²) in [6.07, 6.45) is 2.77. The highest BCUT2D eigenvalue weighted by Crippen LogP contribution is 2.09. The summed E-state index contributed by atoms with van der Waals surface area (Å²) in [4.78, 5) is 14.1. The summed E-state index contributed by atoms with van der Waals surface area (Å²) >= 11 is 0. The SMILES string of the molecule is COCCN(C(=O)CCOC1CCNCC1)C(C)COC. The number of hydrogen-bond acceptors (Lipinski definition) is 5. The number of piperidine rings is 1. The molecule has 0 aromatic carbocycles. The van der Waals surface area contributed by atoms with E-state index in [0.717, 1.165) is 25.9 Å². The Morgan fingerprint density at radius 1 is 1.24 bits per heavy atom. The maximum Gasteiger partial charge on any atom is 0.225 e. The topological polar surface area (TPSA) is 60.0 Å². The van der Waals surface area contributed by atoms with E-state index >= 15 is 0 Å². The molecule has 1 saturated heterocycles. The molecule has 0 aromatic heterocycles. The molecule has 1 heterocycles. The molecular formula is C15H30N2O4. The lowest BCUT2D eigenvalue weighted by Crippen LogP contribution is -2.43. The molecule has 21 heavy (non-hydrogen) atoms. The van der Waals surface area contributed by atoms with Crippen molar-refractivity contribution >= 4 is 5.91 Å². The Kier molecular flexibility index (Phi) is 9.58. The number of nitrogens with one attached hydrogen (secondary N) is 1. The van der Waals surface area contributed by atoms with Crippen LogP contribution in [0, 0.1) is 0 Å². The highest BCUT2D eigenvalue weighted by atomic mass is 16.5. The van der Waals surface area contributed by atoms with Crippen LogP contribution in [0.2, 0.25) is 0 Å². The first-order valence-electron chi connectivity index (χ1n) is 7.78. The van der Waals surface area contributed by atoms with Crippen molar-refractivity contribution in [1.29, 1.82) is 0 Å². The van der Waals surface area contributed by atoms with Gasteiger partial charge in [0.2, 0.25) is 5.91 Å². The average Bonchev–Trinajstić information content (AvgIpc) is 2.49. The largest absolute Gasteiger partial charge is 0.383 e. The molecule has 1 aliphatic heterocycles. The number of carbonyl (C=O) groups excluding carboxylic acids is 1. The molecule has 1 rings (SSSR count). The van der Waals surface area contributed by atoms with Gasteiger partial charge in [-0.15, -0.1) is 0 Å². The van der Waals surface area contributed by atoms with Gasteiger partial charge in [-0.05, 0) is 32.9 Å². The first-order valence-corrected chi connectivity index (χ1v) is 7.78. The molecule has 1 N–H and O–H groups in total. The van der Waals surface area contributed by atoms with Crippen LogP contribution < -0.4 is 5.32 Å². The number of rotatable bonds is 10. The quantitative estimate of drug-likeness (QED) is 0.642. The van der Waals surface area contributed by atoms with Crippen molar-refractivity contribution in [2.45, 2.75) is 38.3 Å². The summed E-state index contributed by atoms with van der Waals surface area (Å²) in [6.45, 7) is 6.15. The van der Waals surface area contributed by atoms with Gasteiger partial charge in [0, 0.05) is 20.8 Å². The first kappa shape index (κ1) is 18.4. The molecule has 6 nitrogen and oxygen atoms in total. The molecule has 0 saturated carbocycles. The lowest BCUT2D eigenvalue weighted by molar-refractivity contribution is -0.136. The molecule has 0 aliphatic carbocycles. The second-order valence-corrected chi connectivity index (χ2v) is 5.45. The maximum atomic E-state index is 12.3. The van der Waals surface area contributed by atoms with Crippen molar-refractivity contribution < 1.29 is 19.0 Å². The third-order valence-electron chi connectivity index (χ3n) is 3.75. The van der Waals surface area contributed by atoms with Crippen LogP contribution in [0.25, 0.3) is 0 Å². The van der Waals surface area contributed by atoms with Gasteiger partial charge in [0.05, 0.1) is 38.4 Å². The zero-order chi connectivity index (χ0) is 15.5. The minimum absolute atomic E-state index is 0.0523. The Balaban J connectivity index is 2.32. The molecule has 0 aromatic rings. The summed E-state index contributed by atoms with van der Waals surface area (Å²) in [5, 5.41) is 3.30. The van der Waals surface area contributed by atoms with Gasteiger partial charge in [-0.25, -0.2) is 0 Å². The zero-order valence-corrected chi connectivity index (χ0v) is 13.6. The fourth-order valence-corrected chi connectivity index (χ4v) is 2.53. The molecule has 0 bridgehead atoms. The Morgan fingerprint density at radius 2 is 1.95 bits per heavy atom. The number of hydrogen-bond donors (Lipinski definition) is 1. The van der Waals surface area contributed by atoms with Gasteiger partial charge in [-0.3, -0.25) is 4.79 Å². The average molecular weight is 302 g/mol. The monoisotopic (exact) mass is 302 g/mol. The minimum atomic E-state index is 0.0523. The lowest BCUT2D eigenvalue weighted by atomic mass is 10.1. The van der Waals surface area contributed by atoms with Crippen molar-refractivity contribution in [2.24, 2.45) is 0 Å². The molecule has 1 unspecified atom stereocenters.